The minimum Gasteiger partial charge on any atom is -0.496 e. The van der Waals surface area contributed by atoms with Crippen molar-refractivity contribution in [2.24, 2.45) is 0 Å². The highest BCUT2D eigenvalue weighted by atomic mass is 16.5. The number of ether oxygens (including phenoxy) is 2. The van der Waals surface area contributed by atoms with Gasteiger partial charge in [0.25, 0.3) is 5.91 Å². The van der Waals surface area contributed by atoms with Crippen molar-refractivity contribution in [3.8, 4) is 17.6 Å². The zero-order valence-corrected chi connectivity index (χ0v) is 12.6. The van der Waals surface area contributed by atoms with Gasteiger partial charge in [-0.1, -0.05) is 18.2 Å². The second kappa shape index (κ2) is 6.64. The predicted octanol–water partition coefficient (Wildman–Crippen LogP) is 2.51. The van der Waals surface area contributed by atoms with E-state index < -0.39 is 5.91 Å². The number of fused-ring (bicyclic) bond motifs is 1. The van der Waals surface area contributed by atoms with Crippen molar-refractivity contribution in [1.82, 2.24) is 5.32 Å². The Hall–Kier alpha value is -3.00. The highest BCUT2D eigenvalue weighted by Crippen LogP contribution is 2.36. The van der Waals surface area contributed by atoms with Gasteiger partial charge < -0.3 is 14.8 Å². The third kappa shape index (κ3) is 2.72. The molecule has 2 aromatic carbocycles. The molecule has 0 heterocycles. The number of carbonyl (C=O) groups is 1. The highest BCUT2D eigenvalue weighted by Gasteiger charge is 2.14. The average Bonchev–Trinajstić information content (AvgIpc) is 2.57. The van der Waals surface area contributed by atoms with Gasteiger partial charge in [0.1, 0.15) is 23.1 Å². The molecule has 2 rings (SSSR count). The van der Waals surface area contributed by atoms with Gasteiger partial charge in [-0.15, -0.1) is 0 Å². The first-order valence-corrected chi connectivity index (χ1v) is 6.63. The second-order valence-corrected chi connectivity index (χ2v) is 4.49. The molecule has 0 radical (unpaired) electrons. The van der Waals surface area contributed by atoms with Gasteiger partial charge in [-0.05, 0) is 23.6 Å². The number of amides is 1. The SMILES string of the molecule is CNC(=O)/C(C#N)=C/c1c(OC)ccc2cccc(OC)c12. The minimum atomic E-state index is -0.448. The van der Waals surface area contributed by atoms with Crippen LogP contribution in [0.15, 0.2) is 35.9 Å². The van der Waals surface area contributed by atoms with Crippen LogP contribution in [0.3, 0.4) is 0 Å². The number of nitrogens with zero attached hydrogens (tertiary/aromatic N) is 1. The molecule has 0 bridgehead atoms. The van der Waals surface area contributed by atoms with Crippen molar-refractivity contribution in [2.45, 2.75) is 0 Å². The number of nitrogens with one attached hydrogen (secondary N) is 1. The molecule has 2 aromatic rings. The fourth-order valence-electron chi connectivity index (χ4n) is 2.27. The molecule has 5 nitrogen and oxygen atoms in total. The summed E-state index contributed by atoms with van der Waals surface area (Å²) in [6.45, 7) is 0. The van der Waals surface area contributed by atoms with Crippen molar-refractivity contribution in [3.63, 3.8) is 0 Å². The molecule has 1 N–H and O–H groups in total. The van der Waals surface area contributed by atoms with Gasteiger partial charge >= 0.3 is 0 Å². The van der Waals surface area contributed by atoms with E-state index in [2.05, 4.69) is 5.32 Å². The number of nitriles is 1. The van der Waals surface area contributed by atoms with E-state index in [1.807, 2.05) is 30.3 Å². The standard InChI is InChI=1S/C17H16N2O3/c1-19-17(20)12(10-18)9-13-14(21-2)8-7-11-5-4-6-15(22-3)16(11)13/h4-9H,1-3H3,(H,19,20)/b12-9+. The van der Waals surface area contributed by atoms with Gasteiger partial charge in [0.2, 0.25) is 0 Å². The number of hydrogen-bond donors (Lipinski definition) is 1. The van der Waals surface area contributed by atoms with Crippen LogP contribution < -0.4 is 14.8 Å². The number of methoxy groups -OCH3 is 2. The third-order valence-electron chi connectivity index (χ3n) is 3.33. The zero-order valence-electron chi connectivity index (χ0n) is 12.6. The Bertz CT molecular complexity index is 788. The van der Waals surface area contributed by atoms with Crippen LogP contribution >= 0.6 is 0 Å². The summed E-state index contributed by atoms with van der Waals surface area (Å²) in [5.74, 6) is 0.766. The smallest absolute Gasteiger partial charge is 0.261 e. The van der Waals surface area contributed by atoms with Gasteiger partial charge in [-0.2, -0.15) is 5.26 Å². The van der Waals surface area contributed by atoms with E-state index in [-0.39, 0.29) is 5.57 Å². The lowest BCUT2D eigenvalue weighted by molar-refractivity contribution is -0.116. The fraction of sp³-hybridized carbons (Fsp3) is 0.176. The molecular weight excluding hydrogens is 280 g/mol. The molecule has 0 unspecified atom stereocenters. The largest absolute Gasteiger partial charge is 0.496 e. The summed E-state index contributed by atoms with van der Waals surface area (Å²) in [5.41, 5.74) is 0.636. The average molecular weight is 296 g/mol. The summed E-state index contributed by atoms with van der Waals surface area (Å²) in [7, 11) is 4.60. The van der Waals surface area contributed by atoms with Crippen molar-refractivity contribution in [1.29, 1.82) is 5.26 Å². The Kier molecular flexibility index (Phi) is 4.64. The first-order valence-electron chi connectivity index (χ1n) is 6.63. The number of likely N-dealkylation sites (N-methyl/N-ethyl adjacent to an activating group) is 1. The Balaban J connectivity index is 2.83. The van der Waals surface area contributed by atoms with E-state index in [1.165, 1.54) is 13.1 Å². The van der Waals surface area contributed by atoms with E-state index in [0.29, 0.717) is 17.1 Å². The highest BCUT2D eigenvalue weighted by molar-refractivity contribution is 6.06. The van der Waals surface area contributed by atoms with Crippen LogP contribution in [-0.4, -0.2) is 27.2 Å². The van der Waals surface area contributed by atoms with E-state index in [1.54, 1.807) is 20.3 Å². The van der Waals surface area contributed by atoms with Gasteiger partial charge in [-0.3, -0.25) is 4.79 Å². The van der Waals surface area contributed by atoms with Crippen molar-refractivity contribution in [2.75, 3.05) is 21.3 Å². The van der Waals surface area contributed by atoms with Crippen LogP contribution in [-0.2, 0) is 4.79 Å². The Morgan fingerprint density at radius 1 is 1.18 bits per heavy atom. The maximum absolute atomic E-state index is 11.8. The van der Waals surface area contributed by atoms with E-state index >= 15 is 0 Å². The van der Waals surface area contributed by atoms with E-state index in [9.17, 15) is 10.1 Å². The van der Waals surface area contributed by atoms with Crippen molar-refractivity contribution < 1.29 is 14.3 Å². The third-order valence-corrected chi connectivity index (χ3v) is 3.33. The molecule has 0 aliphatic carbocycles. The molecule has 1 amide bonds. The van der Waals surface area contributed by atoms with Gasteiger partial charge in [0, 0.05) is 18.0 Å². The number of hydrogen-bond acceptors (Lipinski definition) is 4. The zero-order chi connectivity index (χ0) is 16.1. The van der Waals surface area contributed by atoms with Crippen LogP contribution in [0.5, 0.6) is 11.5 Å². The quantitative estimate of drug-likeness (QED) is 0.695. The number of benzene rings is 2. The van der Waals surface area contributed by atoms with Gasteiger partial charge in [0.15, 0.2) is 0 Å². The molecule has 112 valence electrons. The number of rotatable bonds is 4. The molecule has 0 atom stereocenters. The lowest BCUT2D eigenvalue weighted by Crippen LogP contribution is -2.19. The molecule has 22 heavy (non-hydrogen) atoms. The first kappa shape index (κ1) is 15.4. The van der Waals surface area contributed by atoms with Crippen molar-refractivity contribution in [3.05, 3.63) is 41.5 Å². The molecule has 0 spiro atoms. The summed E-state index contributed by atoms with van der Waals surface area (Å²) in [6.07, 6.45) is 1.52. The predicted molar refractivity (Wildman–Crippen MR) is 84.7 cm³/mol. The molecule has 0 aliphatic heterocycles. The molecule has 0 saturated carbocycles. The van der Waals surface area contributed by atoms with Crippen LogP contribution in [0.1, 0.15) is 5.56 Å². The molecule has 0 fully saturated rings. The van der Waals surface area contributed by atoms with E-state index in [4.69, 9.17) is 9.47 Å². The van der Waals surface area contributed by atoms with Gasteiger partial charge in [0.05, 0.1) is 14.2 Å². The van der Waals surface area contributed by atoms with Gasteiger partial charge in [-0.25, -0.2) is 0 Å². The lowest BCUT2D eigenvalue weighted by Gasteiger charge is -2.12. The fourth-order valence-corrected chi connectivity index (χ4v) is 2.27. The maximum atomic E-state index is 11.8. The summed E-state index contributed by atoms with van der Waals surface area (Å²) in [4.78, 5) is 11.8. The second-order valence-electron chi connectivity index (χ2n) is 4.49. The number of carbonyl (C=O) groups excluding carboxylic acids is 1. The normalized spacial score (nSPS) is 10.9. The lowest BCUT2D eigenvalue weighted by atomic mass is 10.00. The molecular formula is C17H16N2O3. The summed E-state index contributed by atoms with van der Waals surface area (Å²) >= 11 is 0. The Labute approximate surface area is 128 Å². The molecule has 0 aromatic heterocycles. The molecule has 0 aliphatic rings. The van der Waals surface area contributed by atoms with Crippen LogP contribution in [0.25, 0.3) is 16.8 Å². The van der Waals surface area contributed by atoms with Crippen LogP contribution in [0.2, 0.25) is 0 Å². The first-order chi connectivity index (χ1) is 10.7. The summed E-state index contributed by atoms with van der Waals surface area (Å²) < 4.78 is 10.8. The maximum Gasteiger partial charge on any atom is 0.261 e. The van der Waals surface area contributed by atoms with Crippen LogP contribution in [0, 0.1) is 11.3 Å². The Morgan fingerprint density at radius 3 is 2.50 bits per heavy atom. The Morgan fingerprint density at radius 2 is 1.91 bits per heavy atom. The molecule has 0 saturated heterocycles. The van der Waals surface area contributed by atoms with Crippen molar-refractivity contribution >= 4 is 22.8 Å². The monoisotopic (exact) mass is 296 g/mol. The summed E-state index contributed by atoms with van der Waals surface area (Å²) in [6, 6.07) is 11.2. The van der Waals surface area contributed by atoms with E-state index in [0.717, 1.165) is 10.8 Å². The summed E-state index contributed by atoms with van der Waals surface area (Å²) in [5, 5.41) is 13.4. The molecule has 5 heteroatoms. The van der Waals surface area contributed by atoms with Crippen LogP contribution in [0.4, 0.5) is 0 Å². The minimum absolute atomic E-state index is 0.000735. The topological polar surface area (TPSA) is 71.4 Å².